The smallest absolute Gasteiger partial charge is 0.291 e. The highest BCUT2D eigenvalue weighted by molar-refractivity contribution is 6.11. The molecule has 0 bridgehead atoms. The molecular formula is C32H34N6O4. The maximum atomic E-state index is 13.1. The predicted octanol–water partition coefficient (Wildman–Crippen LogP) is 5.95. The predicted molar refractivity (Wildman–Crippen MR) is 160 cm³/mol. The first-order valence-electron chi connectivity index (χ1n) is 13.7. The number of nitrogens with zero attached hydrogens (tertiary/aromatic N) is 4. The molecular weight excluding hydrogens is 532 g/mol. The molecule has 0 aliphatic carbocycles. The molecule has 5 rings (SSSR count). The zero-order chi connectivity index (χ0) is 29.9. The van der Waals surface area contributed by atoms with E-state index in [1.807, 2.05) is 44.2 Å². The molecule has 0 fully saturated rings. The highest BCUT2D eigenvalue weighted by Gasteiger charge is 2.24. The van der Waals surface area contributed by atoms with Gasteiger partial charge >= 0.3 is 0 Å². The Balaban J connectivity index is 1.22. The van der Waals surface area contributed by atoms with E-state index in [0.29, 0.717) is 23.7 Å². The van der Waals surface area contributed by atoms with Crippen molar-refractivity contribution < 1.29 is 18.7 Å². The lowest BCUT2D eigenvalue weighted by Crippen LogP contribution is -2.21. The van der Waals surface area contributed by atoms with Crippen LogP contribution in [0.25, 0.3) is 0 Å². The van der Waals surface area contributed by atoms with Gasteiger partial charge in [-0.1, -0.05) is 56.3 Å². The Hall–Kier alpha value is -5.12. The summed E-state index contributed by atoms with van der Waals surface area (Å²) < 4.78 is 14.8. The van der Waals surface area contributed by atoms with Crippen LogP contribution in [0.15, 0.2) is 83.5 Å². The Morgan fingerprint density at radius 2 is 1.55 bits per heavy atom. The Morgan fingerprint density at radius 1 is 0.881 bits per heavy atom. The molecule has 10 nitrogen and oxygen atoms in total. The van der Waals surface area contributed by atoms with E-state index in [4.69, 9.17) is 9.15 Å². The zero-order valence-corrected chi connectivity index (χ0v) is 24.3. The fourth-order valence-electron chi connectivity index (χ4n) is 4.66. The first-order valence-corrected chi connectivity index (χ1v) is 13.7. The Morgan fingerprint density at radius 3 is 2.21 bits per heavy atom. The van der Waals surface area contributed by atoms with Crippen molar-refractivity contribution in [2.24, 2.45) is 7.05 Å². The normalized spacial score (nSPS) is 11.4. The van der Waals surface area contributed by atoms with E-state index in [9.17, 15) is 9.59 Å². The van der Waals surface area contributed by atoms with Crippen LogP contribution in [0.3, 0.4) is 0 Å². The number of rotatable bonds is 10. The van der Waals surface area contributed by atoms with Crippen molar-refractivity contribution in [3.8, 4) is 5.75 Å². The summed E-state index contributed by atoms with van der Waals surface area (Å²) in [5.41, 5.74) is 4.14. The Labute approximate surface area is 244 Å². The number of anilines is 2. The molecule has 2 N–H and O–H groups in total. The summed E-state index contributed by atoms with van der Waals surface area (Å²) in [6.07, 6.45) is 3.02. The average molecular weight is 567 g/mol. The van der Waals surface area contributed by atoms with Gasteiger partial charge in [0, 0.05) is 19.0 Å². The van der Waals surface area contributed by atoms with E-state index < -0.39 is 11.8 Å². The van der Waals surface area contributed by atoms with E-state index in [2.05, 4.69) is 58.9 Å². The van der Waals surface area contributed by atoms with Crippen molar-refractivity contribution in [3.63, 3.8) is 0 Å². The van der Waals surface area contributed by atoms with Crippen molar-refractivity contribution in [2.75, 3.05) is 10.6 Å². The third kappa shape index (κ3) is 5.83. The molecule has 10 heteroatoms. The molecule has 0 saturated heterocycles. The van der Waals surface area contributed by atoms with Crippen LogP contribution in [0.5, 0.6) is 5.75 Å². The minimum Gasteiger partial charge on any atom is -0.486 e. The van der Waals surface area contributed by atoms with E-state index in [1.54, 1.807) is 30.1 Å². The van der Waals surface area contributed by atoms with Crippen LogP contribution in [-0.2, 0) is 25.6 Å². The van der Waals surface area contributed by atoms with Gasteiger partial charge < -0.3 is 19.8 Å². The molecule has 5 aromatic rings. The van der Waals surface area contributed by atoms with Gasteiger partial charge in [-0.2, -0.15) is 10.2 Å². The minimum atomic E-state index is -0.504. The molecule has 216 valence electrons. The number of hydrogen-bond donors (Lipinski definition) is 2. The number of hydrogen-bond acceptors (Lipinski definition) is 6. The molecule has 3 heterocycles. The van der Waals surface area contributed by atoms with Gasteiger partial charge in [-0.05, 0) is 49.2 Å². The number of nitrogens with one attached hydrogen (secondary N) is 2. The summed E-state index contributed by atoms with van der Waals surface area (Å²) >= 11 is 0. The fourth-order valence-corrected chi connectivity index (χ4v) is 4.66. The number of benzene rings is 2. The highest BCUT2D eigenvalue weighted by atomic mass is 16.5. The summed E-state index contributed by atoms with van der Waals surface area (Å²) in [5, 5.41) is 14.0. The van der Waals surface area contributed by atoms with E-state index in [-0.39, 0.29) is 29.2 Å². The van der Waals surface area contributed by atoms with Gasteiger partial charge in [-0.15, -0.1) is 0 Å². The van der Waals surface area contributed by atoms with Gasteiger partial charge in [0.05, 0.1) is 29.5 Å². The van der Waals surface area contributed by atoms with Gasteiger partial charge in [0.1, 0.15) is 23.8 Å². The van der Waals surface area contributed by atoms with Crippen molar-refractivity contribution in [3.05, 3.63) is 113 Å². The molecule has 3 aromatic heterocycles. The number of carbonyl (C=O) groups is 2. The van der Waals surface area contributed by atoms with Crippen LogP contribution < -0.4 is 15.4 Å². The summed E-state index contributed by atoms with van der Waals surface area (Å²) in [6.45, 7) is 8.69. The summed E-state index contributed by atoms with van der Waals surface area (Å²) in [4.78, 5) is 26.1. The molecule has 0 unspecified atom stereocenters. The van der Waals surface area contributed by atoms with E-state index in [1.165, 1.54) is 22.0 Å². The SMILES string of the molecule is CCn1ncc(NC(=O)c2ccc(COc3ccc(C(C)(C)c4ccccc4)cc3)o2)c1C(=O)Nc1cnn(C)c1C. The van der Waals surface area contributed by atoms with Crippen molar-refractivity contribution in [1.82, 2.24) is 19.6 Å². The molecule has 0 aliphatic heterocycles. The molecule has 42 heavy (non-hydrogen) atoms. The second kappa shape index (κ2) is 11.8. The molecule has 0 atom stereocenters. The number of carbonyl (C=O) groups excluding carboxylic acids is 2. The molecule has 2 amide bonds. The summed E-state index contributed by atoms with van der Waals surface area (Å²) in [5.74, 6) is 0.357. The van der Waals surface area contributed by atoms with Crippen LogP contribution >= 0.6 is 0 Å². The quantitative estimate of drug-likeness (QED) is 0.216. The van der Waals surface area contributed by atoms with Crippen LogP contribution in [-0.4, -0.2) is 31.4 Å². The van der Waals surface area contributed by atoms with Crippen LogP contribution in [0.2, 0.25) is 0 Å². The monoisotopic (exact) mass is 566 g/mol. The van der Waals surface area contributed by atoms with Crippen molar-refractivity contribution >= 4 is 23.2 Å². The third-order valence-corrected chi connectivity index (χ3v) is 7.42. The zero-order valence-electron chi connectivity index (χ0n) is 24.3. The second-order valence-corrected chi connectivity index (χ2v) is 10.5. The third-order valence-electron chi connectivity index (χ3n) is 7.42. The van der Waals surface area contributed by atoms with Crippen molar-refractivity contribution in [1.29, 1.82) is 0 Å². The van der Waals surface area contributed by atoms with Gasteiger partial charge in [-0.3, -0.25) is 19.0 Å². The summed E-state index contributed by atoms with van der Waals surface area (Å²) in [6, 6.07) is 21.6. The Bertz CT molecular complexity index is 1700. The fraction of sp³-hybridized carbons (Fsp3) is 0.250. The molecule has 0 radical (unpaired) electrons. The Kier molecular flexibility index (Phi) is 7.97. The highest BCUT2D eigenvalue weighted by Crippen LogP contribution is 2.32. The number of furan rings is 1. The molecule has 2 aromatic carbocycles. The van der Waals surface area contributed by atoms with Gasteiger partial charge in [-0.25, -0.2) is 0 Å². The first-order chi connectivity index (χ1) is 20.2. The van der Waals surface area contributed by atoms with E-state index in [0.717, 1.165) is 5.69 Å². The minimum absolute atomic E-state index is 0.0901. The van der Waals surface area contributed by atoms with Gasteiger partial charge in [0.2, 0.25) is 0 Å². The number of aromatic nitrogens is 4. The molecule has 0 saturated carbocycles. The van der Waals surface area contributed by atoms with E-state index >= 15 is 0 Å². The standard InChI is InChI=1S/C32H34N6O4/c1-6-38-29(31(40)35-26-18-33-37(5)21(26)2)27(19-34-38)36-30(39)28-17-16-25(42-28)20-41-24-14-12-23(13-15-24)32(3,4)22-10-8-7-9-11-22/h7-19H,6,20H2,1-5H3,(H,35,40)(H,36,39). The maximum absolute atomic E-state index is 13.1. The van der Waals surface area contributed by atoms with Crippen LogP contribution in [0.1, 0.15) is 64.4 Å². The summed E-state index contributed by atoms with van der Waals surface area (Å²) in [7, 11) is 1.79. The average Bonchev–Trinajstić information content (AvgIpc) is 3.72. The molecule has 0 spiro atoms. The van der Waals surface area contributed by atoms with Crippen LogP contribution in [0, 0.1) is 6.92 Å². The lowest BCUT2D eigenvalue weighted by molar-refractivity contribution is 0.0992. The molecule has 0 aliphatic rings. The number of aryl methyl sites for hydroxylation is 2. The van der Waals surface area contributed by atoms with Crippen LogP contribution in [0.4, 0.5) is 11.4 Å². The first kappa shape index (κ1) is 28.4. The lowest BCUT2D eigenvalue weighted by atomic mass is 9.78. The van der Waals surface area contributed by atoms with Gasteiger partial charge in [0.25, 0.3) is 11.8 Å². The lowest BCUT2D eigenvalue weighted by Gasteiger charge is -2.26. The van der Waals surface area contributed by atoms with Gasteiger partial charge in [0.15, 0.2) is 5.76 Å². The number of ether oxygens (including phenoxy) is 1. The topological polar surface area (TPSA) is 116 Å². The number of amides is 2. The largest absolute Gasteiger partial charge is 0.486 e. The maximum Gasteiger partial charge on any atom is 0.291 e. The van der Waals surface area contributed by atoms with Crippen molar-refractivity contribution in [2.45, 2.75) is 46.3 Å². The second-order valence-electron chi connectivity index (χ2n) is 10.5.